The lowest BCUT2D eigenvalue weighted by Crippen LogP contribution is -2.11. The number of benzene rings is 1. The number of aromatic nitrogens is 2. The molecule has 20 heavy (non-hydrogen) atoms. The third-order valence-electron chi connectivity index (χ3n) is 3.09. The molecule has 0 fully saturated rings. The predicted molar refractivity (Wildman–Crippen MR) is 74.6 cm³/mol. The molecular weight excluding hydrogens is 279 g/mol. The van der Waals surface area contributed by atoms with Crippen LogP contribution in [0.5, 0.6) is 0 Å². The van der Waals surface area contributed by atoms with E-state index in [4.69, 9.17) is 0 Å². The third-order valence-corrected chi connectivity index (χ3v) is 4.76. The van der Waals surface area contributed by atoms with Gasteiger partial charge in [-0.25, -0.2) is 12.8 Å². The van der Waals surface area contributed by atoms with Crippen molar-refractivity contribution >= 4 is 9.84 Å². The molecule has 0 saturated heterocycles. The molecule has 2 rings (SSSR count). The van der Waals surface area contributed by atoms with Gasteiger partial charge in [-0.1, -0.05) is 19.1 Å². The van der Waals surface area contributed by atoms with E-state index in [0.717, 1.165) is 18.2 Å². The van der Waals surface area contributed by atoms with Crippen molar-refractivity contribution in [2.24, 2.45) is 0 Å². The Morgan fingerprint density at radius 1 is 1.25 bits per heavy atom. The van der Waals surface area contributed by atoms with Gasteiger partial charge in [0.05, 0.1) is 17.1 Å². The molecule has 0 N–H and O–H groups in total. The van der Waals surface area contributed by atoms with E-state index in [2.05, 4.69) is 5.10 Å². The minimum atomic E-state index is -3.71. The minimum absolute atomic E-state index is 0.241. The Morgan fingerprint density at radius 3 is 2.55 bits per heavy atom. The van der Waals surface area contributed by atoms with E-state index in [-0.39, 0.29) is 10.6 Å². The van der Waals surface area contributed by atoms with Gasteiger partial charge in [0.15, 0.2) is 9.84 Å². The first-order chi connectivity index (χ1) is 9.47. The van der Waals surface area contributed by atoms with Crippen LogP contribution in [0.15, 0.2) is 35.2 Å². The van der Waals surface area contributed by atoms with E-state index in [0.29, 0.717) is 12.2 Å². The summed E-state index contributed by atoms with van der Waals surface area (Å²) in [5.41, 5.74) is 1.43. The van der Waals surface area contributed by atoms with E-state index in [1.807, 2.05) is 13.8 Å². The zero-order valence-electron chi connectivity index (χ0n) is 11.5. The first-order valence-electron chi connectivity index (χ1n) is 6.50. The Kier molecular flexibility index (Phi) is 4.23. The number of halogens is 1. The lowest BCUT2D eigenvalue weighted by Gasteiger charge is -2.07. The number of aryl methyl sites for hydroxylation is 2. The summed E-state index contributed by atoms with van der Waals surface area (Å²) < 4.78 is 39.9. The van der Waals surface area contributed by atoms with Crippen LogP contribution in [0, 0.1) is 5.82 Å². The molecule has 108 valence electrons. The SMILES string of the molecule is CCc1cc(CS(=O)(=O)c2ccccc2F)n(CC)n1. The quantitative estimate of drug-likeness (QED) is 0.852. The Balaban J connectivity index is 2.38. The number of sulfone groups is 1. The maximum Gasteiger partial charge on any atom is 0.186 e. The van der Waals surface area contributed by atoms with Crippen LogP contribution in [0.3, 0.4) is 0 Å². The van der Waals surface area contributed by atoms with Crippen molar-refractivity contribution in [1.29, 1.82) is 0 Å². The van der Waals surface area contributed by atoms with Crippen molar-refractivity contribution in [3.8, 4) is 0 Å². The number of hydrogen-bond donors (Lipinski definition) is 0. The zero-order valence-corrected chi connectivity index (χ0v) is 12.3. The number of hydrogen-bond acceptors (Lipinski definition) is 3. The Morgan fingerprint density at radius 2 is 1.95 bits per heavy atom. The molecule has 0 unspecified atom stereocenters. The predicted octanol–water partition coefficient (Wildman–Crippen LogP) is 2.58. The monoisotopic (exact) mass is 296 g/mol. The van der Waals surface area contributed by atoms with Gasteiger partial charge in [-0.05, 0) is 31.5 Å². The van der Waals surface area contributed by atoms with E-state index in [9.17, 15) is 12.8 Å². The lowest BCUT2D eigenvalue weighted by molar-refractivity contribution is 0.562. The van der Waals surface area contributed by atoms with Gasteiger partial charge in [0, 0.05) is 6.54 Å². The van der Waals surface area contributed by atoms with Crippen LogP contribution < -0.4 is 0 Å². The average Bonchev–Trinajstić information content (AvgIpc) is 2.80. The molecule has 0 saturated carbocycles. The smallest absolute Gasteiger partial charge is 0.186 e. The van der Waals surface area contributed by atoms with E-state index >= 15 is 0 Å². The molecule has 4 nitrogen and oxygen atoms in total. The van der Waals surface area contributed by atoms with Gasteiger partial charge in [0.2, 0.25) is 0 Å². The normalized spacial score (nSPS) is 11.8. The van der Waals surface area contributed by atoms with Gasteiger partial charge in [-0.2, -0.15) is 5.10 Å². The maximum atomic E-state index is 13.6. The van der Waals surface area contributed by atoms with Gasteiger partial charge in [-0.3, -0.25) is 4.68 Å². The molecule has 2 aromatic rings. The molecule has 0 atom stereocenters. The Bertz CT molecular complexity index is 708. The van der Waals surface area contributed by atoms with Crippen LogP contribution in [-0.2, 0) is 28.6 Å². The van der Waals surface area contributed by atoms with Crippen LogP contribution in [0.1, 0.15) is 25.2 Å². The summed E-state index contributed by atoms with van der Waals surface area (Å²) in [7, 11) is -3.71. The molecule has 0 spiro atoms. The molecule has 0 radical (unpaired) electrons. The average molecular weight is 296 g/mol. The fourth-order valence-corrected chi connectivity index (χ4v) is 3.48. The first kappa shape index (κ1) is 14.7. The molecule has 0 amide bonds. The van der Waals surface area contributed by atoms with Crippen molar-refractivity contribution in [2.75, 3.05) is 0 Å². The van der Waals surface area contributed by atoms with Crippen molar-refractivity contribution in [1.82, 2.24) is 9.78 Å². The van der Waals surface area contributed by atoms with Crippen LogP contribution >= 0.6 is 0 Å². The van der Waals surface area contributed by atoms with Gasteiger partial charge in [0.25, 0.3) is 0 Å². The highest BCUT2D eigenvalue weighted by molar-refractivity contribution is 7.90. The van der Waals surface area contributed by atoms with Gasteiger partial charge < -0.3 is 0 Å². The Hall–Kier alpha value is -1.69. The first-order valence-corrected chi connectivity index (χ1v) is 8.16. The Labute approximate surface area is 118 Å². The fourth-order valence-electron chi connectivity index (χ4n) is 2.05. The second-order valence-electron chi connectivity index (χ2n) is 4.49. The topological polar surface area (TPSA) is 52.0 Å². The second kappa shape index (κ2) is 5.75. The molecule has 0 aliphatic rings. The molecular formula is C14H17FN2O2S. The summed E-state index contributed by atoms with van der Waals surface area (Å²) in [6.07, 6.45) is 0.736. The molecule has 1 heterocycles. The summed E-state index contributed by atoms with van der Waals surface area (Å²) in [6, 6.07) is 7.20. The molecule has 0 bridgehead atoms. The maximum absolute atomic E-state index is 13.6. The van der Waals surface area contributed by atoms with Crippen molar-refractivity contribution < 1.29 is 12.8 Å². The second-order valence-corrected chi connectivity index (χ2v) is 6.44. The highest BCUT2D eigenvalue weighted by Crippen LogP contribution is 2.20. The van der Waals surface area contributed by atoms with Crippen LogP contribution in [-0.4, -0.2) is 18.2 Å². The van der Waals surface area contributed by atoms with Gasteiger partial charge >= 0.3 is 0 Å². The molecule has 1 aromatic heterocycles. The number of rotatable bonds is 5. The van der Waals surface area contributed by atoms with Gasteiger partial charge in [0.1, 0.15) is 10.7 Å². The molecule has 1 aromatic carbocycles. The highest BCUT2D eigenvalue weighted by Gasteiger charge is 2.21. The largest absolute Gasteiger partial charge is 0.269 e. The van der Waals surface area contributed by atoms with E-state index < -0.39 is 15.7 Å². The van der Waals surface area contributed by atoms with Crippen molar-refractivity contribution in [3.63, 3.8) is 0 Å². The van der Waals surface area contributed by atoms with Crippen LogP contribution in [0.2, 0.25) is 0 Å². The van der Waals surface area contributed by atoms with Gasteiger partial charge in [-0.15, -0.1) is 0 Å². The van der Waals surface area contributed by atoms with Crippen LogP contribution in [0.25, 0.3) is 0 Å². The summed E-state index contributed by atoms with van der Waals surface area (Å²) in [5, 5.41) is 4.31. The minimum Gasteiger partial charge on any atom is -0.269 e. The summed E-state index contributed by atoms with van der Waals surface area (Å²) in [6.45, 7) is 4.44. The summed E-state index contributed by atoms with van der Waals surface area (Å²) in [5.74, 6) is -0.958. The van der Waals surface area contributed by atoms with Crippen molar-refractivity contribution in [3.05, 3.63) is 47.5 Å². The third kappa shape index (κ3) is 2.90. The lowest BCUT2D eigenvalue weighted by atomic mass is 10.3. The zero-order chi connectivity index (χ0) is 14.8. The van der Waals surface area contributed by atoms with Crippen LogP contribution in [0.4, 0.5) is 4.39 Å². The van der Waals surface area contributed by atoms with E-state index in [1.54, 1.807) is 10.7 Å². The number of nitrogens with zero attached hydrogens (tertiary/aromatic N) is 2. The molecule has 6 heteroatoms. The van der Waals surface area contributed by atoms with E-state index in [1.165, 1.54) is 18.2 Å². The fraction of sp³-hybridized carbons (Fsp3) is 0.357. The van der Waals surface area contributed by atoms with Crippen molar-refractivity contribution in [2.45, 2.75) is 37.5 Å². The summed E-state index contributed by atoms with van der Waals surface area (Å²) in [4.78, 5) is -0.262. The standard InChI is InChI=1S/C14H17FN2O2S/c1-3-11-9-12(17(4-2)16-11)10-20(18,19)14-8-6-5-7-13(14)15/h5-9H,3-4,10H2,1-2H3. The molecule has 0 aliphatic heterocycles. The molecule has 0 aliphatic carbocycles. The summed E-state index contributed by atoms with van der Waals surface area (Å²) >= 11 is 0. The highest BCUT2D eigenvalue weighted by atomic mass is 32.2.